The molecular weight excluding hydrogens is 126 g/mol. The van der Waals surface area contributed by atoms with Crippen molar-refractivity contribution in [2.75, 3.05) is 12.4 Å². The minimum Gasteiger partial charge on any atom is -0.388 e. The second-order valence-corrected chi connectivity index (χ2v) is 1.97. The molecule has 0 aliphatic rings. The van der Waals surface area contributed by atoms with Crippen LogP contribution in [0.2, 0.25) is 0 Å². The second-order valence-electron chi connectivity index (χ2n) is 1.97. The molecule has 0 aliphatic heterocycles. The lowest BCUT2D eigenvalue weighted by Crippen LogP contribution is -1.88. The molecule has 1 aromatic carbocycles. The third-order valence-electron chi connectivity index (χ3n) is 1.25. The molecule has 0 heterocycles. The van der Waals surface area contributed by atoms with E-state index in [0.29, 0.717) is 0 Å². The number of hydrogen-bond acceptors (Lipinski definition) is 2. The Morgan fingerprint density at radius 2 is 2.00 bits per heavy atom. The Kier molecular flexibility index (Phi) is 2.05. The normalized spacial score (nSPS) is 8.90. The standard InChI is InChI=1S/C8H9NO/c1-9-7-3-2-4-8(10)6-5-7/h2-6,9H,1H3. The van der Waals surface area contributed by atoms with E-state index in [2.05, 4.69) is 5.32 Å². The molecule has 0 aromatic heterocycles. The monoisotopic (exact) mass is 135 g/mol. The van der Waals surface area contributed by atoms with E-state index in [1.54, 1.807) is 12.1 Å². The molecule has 0 saturated carbocycles. The van der Waals surface area contributed by atoms with Gasteiger partial charge in [-0.1, -0.05) is 6.07 Å². The number of anilines is 1. The van der Waals surface area contributed by atoms with Gasteiger partial charge in [0.15, 0.2) is 5.43 Å². The summed E-state index contributed by atoms with van der Waals surface area (Å²) in [6, 6.07) is 8.39. The Bertz CT molecular complexity index is 270. The maximum Gasteiger partial charge on any atom is 0.178 e. The summed E-state index contributed by atoms with van der Waals surface area (Å²) in [5, 5.41) is 2.94. The van der Waals surface area contributed by atoms with E-state index in [9.17, 15) is 4.79 Å². The summed E-state index contributed by atoms with van der Waals surface area (Å²) in [6.45, 7) is 0. The summed E-state index contributed by atoms with van der Waals surface area (Å²) in [6.07, 6.45) is 0. The van der Waals surface area contributed by atoms with Gasteiger partial charge in [0.05, 0.1) is 0 Å². The summed E-state index contributed by atoms with van der Waals surface area (Å²) < 4.78 is 0. The molecule has 2 heteroatoms. The zero-order chi connectivity index (χ0) is 7.40. The van der Waals surface area contributed by atoms with Crippen molar-refractivity contribution in [1.82, 2.24) is 0 Å². The predicted molar refractivity (Wildman–Crippen MR) is 42.3 cm³/mol. The molecule has 10 heavy (non-hydrogen) atoms. The Labute approximate surface area is 59.5 Å². The minimum absolute atomic E-state index is 0.0292. The van der Waals surface area contributed by atoms with Crippen LogP contribution in [0.4, 0.5) is 5.69 Å². The zero-order valence-corrected chi connectivity index (χ0v) is 5.79. The molecule has 0 spiro atoms. The molecule has 0 saturated heterocycles. The zero-order valence-electron chi connectivity index (χ0n) is 5.79. The quantitative estimate of drug-likeness (QED) is 0.624. The molecular formula is C8H9NO. The van der Waals surface area contributed by atoms with Crippen molar-refractivity contribution in [1.29, 1.82) is 0 Å². The minimum atomic E-state index is 0.0292. The number of hydrogen-bond donors (Lipinski definition) is 1. The van der Waals surface area contributed by atoms with Gasteiger partial charge in [-0.2, -0.15) is 0 Å². The lowest BCUT2D eigenvalue weighted by molar-refractivity contribution is 1.54. The van der Waals surface area contributed by atoms with Crippen molar-refractivity contribution >= 4 is 5.69 Å². The molecule has 0 unspecified atom stereocenters. The second kappa shape index (κ2) is 3.01. The van der Waals surface area contributed by atoms with Gasteiger partial charge in [0, 0.05) is 12.7 Å². The summed E-state index contributed by atoms with van der Waals surface area (Å²) in [4.78, 5) is 10.7. The van der Waals surface area contributed by atoms with Crippen LogP contribution in [0.15, 0.2) is 35.1 Å². The highest BCUT2D eigenvalue weighted by Gasteiger charge is 1.81. The average Bonchev–Trinajstić information content (AvgIpc) is 2.14. The summed E-state index contributed by atoms with van der Waals surface area (Å²) >= 11 is 0. The molecule has 52 valence electrons. The van der Waals surface area contributed by atoms with E-state index in [0.717, 1.165) is 5.69 Å². The van der Waals surface area contributed by atoms with Crippen LogP contribution >= 0.6 is 0 Å². The third kappa shape index (κ3) is 1.58. The van der Waals surface area contributed by atoms with Crippen LogP contribution in [0.3, 0.4) is 0 Å². The van der Waals surface area contributed by atoms with Crippen LogP contribution in [-0.2, 0) is 0 Å². The van der Waals surface area contributed by atoms with Crippen molar-refractivity contribution in [3.8, 4) is 0 Å². The summed E-state index contributed by atoms with van der Waals surface area (Å²) in [5.74, 6) is 0. The highest BCUT2D eigenvalue weighted by molar-refractivity contribution is 5.40. The van der Waals surface area contributed by atoms with Gasteiger partial charge >= 0.3 is 0 Å². The van der Waals surface area contributed by atoms with E-state index in [-0.39, 0.29) is 5.43 Å². The van der Waals surface area contributed by atoms with Crippen LogP contribution in [-0.4, -0.2) is 7.05 Å². The molecule has 0 amide bonds. The lowest BCUT2D eigenvalue weighted by atomic mass is 10.4. The number of rotatable bonds is 1. The molecule has 1 aromatic rings. The van der Waals surface area contributed by atoms with Gasteiger partial charge in [-0.05, 0) is 24.3 Å². The largest absolute Gasteiger partial charge is 0.388 e. The molecule has 0 radical (unpaired) electrons. The highest BCUT2D eigenvalue weighted by Crippen LogP contribution is 1.98. The summed E-state index contributed by atoms with van der Waals surface area (Å²) in [7, 11) is 1.82. The Morgan fingerprint density at radius 1 is 1.20 bits per heavy atom. The molecule has 0 atom stereocenters. The van der Waals surface area contributed by atoms with E-state index in [4.69, 9.17) is 0 Å². The van der Waals surface area contributed by atoms with Gasteiger partial charge in [-0.3, -0.25) is 4.79 Å². The Morgan fingerprint density at radius 3 is 2.70 bits per heavy atom. The van der Waals surface area contributed by atoms with Crippen molar-refractivity contribution in [2.45, 2.75) is 0 Å². The first-order chi connectivity index (χ1) is 4.83. The van der Waals surface area contributed by atoms with Crippen LogP contribution < -0.4 is 10.7 Å². The topological polar surface area (TPSA) is 29.1 Å². The van der Waals surface area contributed by atoms with E-state index in [1.165, 1.54) is 12.1 Å². The molecule has 0 fully saturated rings. The van der Waals surface area contributed by atoms with Gasteiger partial charge in [-0.25, -0.2) is 0 Å². The van der Waals surface area contributed by atoms with E-state index < -0.39 is 0 Å². The Balaban J connectivity index is 3.16. The lowest BCUT2D eigenvalue weighted by Gasteiger charge is -1.90. The fraction of sp³-hybridized carbons (Fsp3) is 0.125. The van der Waals surface area contributed by atoms with Gasteiger partial charge in [0.2, 0.25) is 0 Å². The third-order valence-corrected chi connectivity index (χ3v) is 1.25. The first-order valence-corrected chi connectivity index (χ1v) is 3.11. The maximum absolute atomic E-state index is 10.7. The van der Waals surface area contributed by atoms with Crippen LogP contribution in [0.25, 0.3) is 0 Å². The van der Waals surface area contributed by atoms with Crippen LogP contribution in [0, 0.1) is 0 Å². The molecule has 1 N–H and O–H groups in total. The highest BCUT2D eigenvalue weighted by atomic mass is 16.1. The fourth-order valence-corrected chi connectivity index (χ4v) is 0.696. The van der Waals surface area contributed by atoms with Crippen LogP contribution in [0.5, 0.6) is 0 Å². The molecule has 0 bridgehead atoms. The first-order valence-electron chi connectivity index (χ1n) is 3.11. The van der Waals surface area contributed by atoms with Crippen molar-refractivity contribution in [2.24, 2.45) is 0 Å². The van der Waals surface area contributed by atoms with Gasteiger partial charge in [-0.15, -0.1) is 0 Å². The van der Waals surface area contributed by atoms with Gasteiger partial charge in [0.25, 0.3) is 0 Å². The van der Waals surface area contributed by atoms with Crippen molar-refractivity contribution < 1.29 is 0 Å². The molecule has 1 rings (SSSR count). The molecule has 2 nitrogen and oxygen atoms in total. The van der Waals surface area contributed by atoms with E-state index >= 15 is 0 Å². The van der Waals surface area contributed by atoms with Crippen molar-refractivity contribution in [3.05, 3.63) is 40.6 Å². The summed E-state index contributed by atoms with van der Waals surface area (Å²) in [5.41, 5.74) is 0.976. The van der Waals surface area contributed by atoms with Crippen molar-refractivity contribution in [3.63, 3.8) is 0 Å². The fourth-order valence-electron chi connectivity index (χ4n) is 0.696. The van der Waals surface area contributed by atoms with Gasteiger partial charge in [0.1, 0.15) is 0 Å². The molecule has 0 aliphatic carbocycles. The smallest absolute Gasteiger partial charge is 0.178 e. The van der Waals surface area contributed by atoms with Gasteiger partial charge < -0.3 is 5.32 Å². The SMILES string of the molecule is CNc1cccc(=O)cc1. The van der Waals surface area contributed by atoms with E-state index in [1.807, 2.05) is 13.1 Å². The Hall–Kier alpha value is -1.31. The van der Waals surface area contributed by atoms with Crippen LogP contribution in [0.1, 0.15) is 0 Å². The predicted octanol–water partition coefficient (Wildman–Crippen LogP) is 1.09. The maximum atomic E-state index is 10.7. The average molecular weight is 135 g/mol. The number of nitrogens with one attached hydrogen (secondary N) is 1. The first kappa shape index (κ1) is 6.81.